The smallest absolute Gasteiger partial charge is 0.0841 e. The lowest BCUT2D eigenvalue weighted by Gasteiger charge is -2.47. The minimum atomic E-state index is 0.364. The van der Waals surface area contributed by atoms with Gasteiger partial charge in [0.1, 0.15) is 0 Å². The Hall–Kier alpha value is -1.39. The number of likely N-dealkylation sites (N-methyl/N-ethyl adjacent to an activating group) is 1. The lowest BCUT2D eigenvalue weighted by atomic mass is 9.75. The number of nitrogens with zero attached hydrogens (tertiary/aromatic N) is 3. The van der Waals surface area contributed by atoms with Crippen molar-refractivity contribution in [3.8, 4) is 0 Å². The quantitative estimate of drug-likeness (QED) is 0.886. The maximum Gasteiger partial charge on any atom is 0.0841 e. The van der Waals surface area contributed by atoms with Crippen molar-refractivity contribution in [1.82, 2.24) is 20.0 Å². The third-order valence-corrected chi connectivity index (χ3v) is 5.01. The Kier molecular flexibility index (Phi) is 4.00. The number of fused-ring (bicyclic) bond motifs is 1. The standard InChI is InChI=1S/C17H26N4/c1-4-21-16-9-6-5-8-14(16)15(19-21)12-18-13-17(20(2)3)10-7-11-17/h5-6,8-9,18H,4,7,10-13H2,1-3H3. The molecule has 1 aliphatic rings. The highest BCUT2D eigenvalue weighted by Crippen LogP contribution is 2.35. The predicted molar refractivity (Wildman–Crippen MR) is 87.4 cm³/mol. The summed E-state index contributed by atoms with van der Waals surface area (Å²) in [5.74, 6) is 0. The first-order valence-corrected chi connectivity index (χ1v) is 7.99. The van der Waals surface area contributed by atoms with Gasteiger partial charge >= 0.3 is 0 Å². The monoisotopic (exact) mass is 286 g/mol. The second kappa shape index (κ2) is 5.78. The molecule has 1 aliphatic carbocycles. The second-order valence-electron chi connectivity index (χ2n) is 6.36. The van der Waals surface area contributed by atoms with Gasteiger partial charge in [0, 0.05) is 30.6 Å². The zero-order valence-electron chi connectivity index (χ0n) is 13.4. The van der Waals surface area contributed by atoms with Gasteiger partial charge in [0.25, 0.3) is 0 Å². The zero-order valence-corrected chi connectivity index (χ0v) is 13.4. The van der Waals surface area contributed by atoms with Gasteiger partial charge in [-0.3, -0.25) is 4.68 Å². The number of benzene rings is 1. The molecule has 1 aromatic heterocycles. The minimum Gasteiger partial charge on any atom is -0.309 e. The Morgan fingerprint density at radius 2 is 2.05 bits per heavy atom. The van der Waals surface area contributed by atoms with Gasteiger partial charge in [0.2, 0.25) is 0 Å². The predicted octanol–water partition coefficient (Wildman–Crippen LogP) is 2.63. The third kappa shape index (κ3) is 2.58. The van der Waals surface area contributed by atoms with Crippen molar-refractivity contribution in [1.29, 1.82) is 0 Å². The molecular formula is C17H26N4. The summed E-state index contributed by atoms with van der Waals surface area (Å²) in [5.41, 5.74) is 2.77. The van der Waals surface area contributed by atoms with E-state index < -0.39 is 0 Å². The fourth-order valence-electron chi connectivity index (χ4n) is 3.35. The van der Waals surface area contributed by atoms with Crippen molar-refractivity contribution < 1.29 is 0 Å². The first-order valence-electron chi connectivity index (χ1n) is 7.99. The number of para-hydroxylation sites is 1. The Bertz CT molecular complexity index is 610. The van der Waals surface area contributed by atoms with E-state index in [0.717, 1.165) is 19.6 Å². The van der Waals surface area contributed by atoms with Gasteiger partial charge in [-0.05, 0) is 46.3 Å². The molecule has 0 bridgehead atoms. The molecule has 0 aliphatic heterocycles. The van der Waals surface area contributed by atoms with Crippen LogP contribution in [-0.2, 0) is 13.1 Å². The molecule has 0 saturated heterocycles. The Balaban J connectivity index is 1.71. The maximum absolute atomic E-state index is 4.76. The van der Waals surface area contributed by atoms with Crippen molar-refractivity contribution >= 4 is 10.9 Å². The van der Waals surface area contributed by atoms with E-state index in [1.807, 2.05) is 0 Å². The number of hydrogen-bond donors (Lipinski definition) is 1. The Morgan fingerprint density at radius 3 is 2.67 bits per heavy atom. The van der Waals surface area contributed by atoms with E-state index >= 15 is 0 Å². The summed E-state index contributed by atoms with van der Waals surface area (Å²) in [4.78, 5) is 2.38. The molecule has 4 nitrogen and oxygen atoms in total. The van der Waals surface area contributed by atoms with Gasteiger partial charge < -0.3 is 10.2 Å². The molecule has 0 atom stereocenters. The van der Waals surface area contributed by atoms with Gasteiger partial charge in [-0.1, -0.05) is 18.2 Å². The van der Waals surface area contributed by atoms with Crippen LogP contribution in [0, 0.1) is 0 Å². The van der Waals surface area contributed by atoms with Crippen molar-refractivity contribution in [3.63, 3.8) is 0 Å². The SMILES string of the molecule is CCn1nc(CNCC2(N(C)C)CCC2)c2ccccc21. The summed E-state index contributed by atoms with van der Waals surface area (Å²) in [6.45, 7) is 4.96. The topological polar surface area (TPSA) is 33.1 Å². The molecule has 3 rings (SSSR count). The summed E-state index contributed by atoms with van der Waals surface area (Å²) in [6.07, 6.45) is 3.96. The minimum absolute atomic E-state index is 0.364. The van der Waals surface area contributed by atoms with Crippen LogP contribution in [-0.4, -0.2) is 40.9 Å². The molecule has 4 heteroatoms. The summed E-state index contributed by atoms with van der Waals surface area (Å²) >= 11 is 0. The van der Waals surface area contributed by atoms with E-state index in [1.54, 1.807) is 0 Å². The van der Waals surface area contributed by atoms with E-state index in [-0.39, 0.29) is 0 Å². The van der Waals surface area contributed by atoms with Crippen LogP contribution >= 0.6 is 0 Å². The first-order chi connectivity index (χ1) is 10.2. The van der Waals surface area contributed by atoms with E-state index in [1.165, 1.54) is 35.9 Å². The highest BCUT2D eigenvalue weighted by Gasteiger charge is 2.38. The first kappa shape index (κ1) is 14.5. The molecule has 0 unspecified atom stereocenters. The number of rotatable bonds is 6. The van der Waals surface area contributed by atoms with Crippen molar-refractivity contribution in [3.05, 3.63) is 30.0 Å². The average molecular weight is 286 g/mol. The highest BCUT2D eigenvalue weighted by atomic mass is 15.3. The molecule has 0 spiro atoms. The summed E-state index contributed by atoms with van der Waals surface area (Å²) < 4.78 is 2.09. The molecule has 0 amide bonds. The van der Waals surface area contributed by atoms with E-state index in [9.17, 15) is 0 Å². The van der Waals surface area contributed by atoms with Crippen molar-refractivity contribution in [2.45, 2.75) is 44.8 Å². The number of aryl methyl sites for hydroxylation is 1. The molecular weight excluding hydrogens is 260 g/mol. The Morgan fingerprint density at radius 1 is 1.29 bits per heavy atom. The molecule has 1 aromatic carbocycles. The average Bonchev–Trinajstić information content (AvgIpc) is 2.79. The zero-order chi connectivity index (χ0) is 14.9. The molecule has 114 valence electrons. The van der Waals surface area contributed by atoms with Crippen LogP contribution in [0.3, 0.4) is 0 Å². The normalized spacial score (nSPS) is 17.3. The van der Waals surface area contributed by atoms with Gasteiger partial charge in [-0.2, -0.15) is 5.10 Å². The van der Waals surface area contributed by atoms with Gasteiger partial charge in [-0.15, -0.1) is 0 Å². The third-order valence-electron chi connectivity index (χ3n) is 5.01. The number of aromatic nitrogens is 2. The number of hydrogen-bond acceptors (Lipinski definition) is 3. The molecule has 1 fully saturated rings. The molecule has 1 saturated carbocycles. The maximum atomic E-state index is 4.76. The fraction of sp³-hybridized carbons (Fsp3) is 0.588. The molecule has 21 heavy (non-hydrogen) atoms. The van der Waals surface area contributed by atoms with Gasteiger partial charge in [0.15, 0.2) is 0 Å². The van der Waals surface area contributed by atoms with E-state index in [0.29, 0.717) is 5.54 Å². The van der Waals surface area contributed by atoms with Crippen LogP contribution in [0.4, 0.5) is 0 Å². The molecule has 1 N–H and O–H groups in total. The van der Waals surface area contributed by atoms with Crippen LogP contribution in [0.25, 0.3) is 10.9 Å². The lowest BCUT2D eigenvalue weighted by molar-refractivity contribution is 0.0597. The molecule has 0 radical (unpaired) electrons. The lowest BCUT2D eigenvalue weighted by Crippen LogP contribution is -2.56. The van der Waals surface area contributed by atoms with Crippen LogP contribution in [0.2, 0.25) is 0 Å². The summed E-state index contributed by atoms with van der Waals surface area (Å²) in [6, 6.07) is 8.52. The van der Waals surface area contributed by atoms with Crippen molar-refractivity contribution in [2.24, 2.45) is 0 Å². The number of nitrogens with one attached hydrogen (secondary N) is 1. The second-order valence-corrected chi connectivity index (χ2v) is 6.36. The molecule has 2 aromatic rings. The van der Waals surface area contributed by atoms with Crippen LogP contribution in [0.15, 0.2) is 24.3 Å². The van der Waals surface area contributed by atoms with Gasteiger partial charge in [0.05, 0.1) is 11.2 Å². The van der Waals surface area contributed by atoms with Crippen LogP contribution in [0.5, 0.6) is 0 Å². The van der Waals surface area contributed by atoms with Crippen LogP contribution in [0.1, 0.15) is 31.9 Å². The summed E-state index contributed by atoms with van der Waals surface area (Å²) in [5, 5.41) is 9.67. The summed E-state index contributed by atoms with van der Waals surface area (Å²) in [7, 11) is 4.39. The van der Waals surface area contributed by atoms with Crippen molar-refractivity contribution in [2.75, 3.05) is 20.6 Å². The van der Waals surface area contributed by atoms with E-state index in [4.69, 9.17) is 5.10 Å². The van der Waals surface area contributed by atoms with Gasteiger partial charge in [-0.25, -0.2) is 0 Å². The fourth-order valence-corrected chi connectivity index (χ4v) is 3.35. The van der Waals surface area contributed by atoms with E-state index in [2.05, 4.69) is 60.2 Å². The van der Waals surface area contributed by atoms with Crippen LogP contribution < -0.4 is 5.32 Å². The Labute approximate surface area is 127 Å². The molecule has 1 heterocycles. The largest absolute Gasteiger partial charge is 0.309 e. The highest BCUT2D eigenvalue weighted by molar-refractivity contribution is 5.81.